The first-order valence-corrected chi connectivity index (χ1v) is 7.33. The van der Waals surface area contributed by atoms with Gasteiger partial charge in [-0.1, -0.05) is 6.07 Å². The Morgan fingerprint density at radius 3 is 2.63 bits per heavy atom. The summed E-state index contributed by atoms with van der Waals surface area (Å²) in [6.07, 6.45) is 3.42. The molecule has 0 bridgehead atoms. The minimum absolute atomic E-state index is 0.0870. The lowest BCUT2D eigenvalue weighted by Gasteiger charge is -2.43. The average Bonchev–Trinajstić information content (AvgIpc) is 2.64. The molecule has 1 aromatic rings. The van der Waals surface area contributed by atoms with Gasteiger partial charge in [0, 0.05) is 12.1 Å². The van der Waals surface area contributed by atoms with Gasteiger partial charge in [0.2, 0.25) is 0 Å². The second-order valence-corrected chi connectivity index (χ2v) is 6.53. The molecule has 1 aliphatic heterocycles. The number of fused-ring (bicyclic) bond motifs is 1. The Morgan fingerprint density at radius 2 is 2.00 bits per heavy atom. The van der Waals surface area contributed by atoms with Crippen LogP contribution in [0.25, 0.3) is 0 Å². The second-order valence-electron chi connectivity index (χ2n) is 6.53. The van der Waals surface area contributed by atoms with Gasteiger partial charge < -0.3 is 15.7 Å². The van der Waals surface area contributed by atoms with E-state index in [2.05, 4.69) is 18.7 Å². The highest BCUT2D eigenvalue weighted by atomic mass is 16.3. The van der Waals surface area contributed by atoms with Crippen molar-refractivity contribution in [2.24, 2.45) is 11.1 Å². The van der Waals surface area contributed by atoms with Crippen molar-refractivity contribution >= 4 is 0 Å². The van der Waals surface area contributed by atoms with Crippen LogP contribution in [0.5, 0.6) is 5.75 Å². The molecule has 3 heteroatoms. The van der Waals surface area contributed by atoms with E-state index in [1.54, 1.807) is 6.07 Å². The van der Waals surface area contributed by atoms with Crippen LogP contribution in [0.3, 0.4) is 0 Å². The van der Waals surface area contributed by atoms with Crippen molar-refractivity contribution in [1.82, 2.24) is 4.90 Å². The second kappa shape index (κ2) is 4.50. The number of phenols is 1. The number of nitrogens with zero attached hydrogens (tertiary/aromatic N) is 1. The summed E-state index contributed by atoms with van der Waals surface area (Å²) >= 11 is 0. The Kier molecular flexibility index (Phi) is 3.06. The number of benzene rings is 1. The Labute approximate surface area is 115 Å². The van der Waals surface area contributed by atoms with Crippen LogP contribution in [0.15, 0.2) is 18.2 Å². The molecule has 1 heterocycles. The molecule has 0 aromatic heterocycles. The Hall–Kier alpha value is -1.06. The van der Waals surface area contributed by atoms with Gasteiger partial charge in [0.15, 0.2) is 0 Å². The SMILES string of the molecule is CC(C)N1CCC2(CC1)Cc1ccc(O)cc1C2N. The standard InChI is InChI=1S/C16H24N2O/c1-11(2)18-7-5-16(6-8-18)10-12-3-4-13(19)9-14(12)15(16)17/h3-4,9,11,15,19H,5-8,10,17H2,1-2H3. The van der Waals surface area contributed by atoms with E-state index in [1.807, 2.05) is 12.1 Å². The van der Waals surface area contributed by atoms with Gasteiger partial charge in [0.1, 0.15) is 5.75 Å². The fourth-order valence-corrected chi connectivity index (χ4v) is 3.83. The number of aromatic hydroxyl groups is 1. The zero-order valence-electron chi connectivity index (χ0n) is 11.9. The summed E-state index contributed by atoms with van der Waals surface area (Å²) in [6, 6.07) is 6.41. The summed E-state index contributed by atoms with van der Waals surface area (Å²) in [5, 5.41) is 9.65. The summed E-state index contributed by atoms with van der Waals surface area (Å²) in [4.78, 5) is 2.54. The van der Waals surface area contributed by atoms with Gasteiger partial charge in [0.25, 0.3) is 0 Å². The van der Waals surface area contributed by atoms with Crippen molar-refractivity contribution in [1.29, 1.82) is 0 Å². The molecule has 0 amide bonds. The topological polar surface area (TPSA) is 49.5 Å². The van der Waals surface area contributed by atoms with Gasteiger partial charge in [-0.25, -0.2) is 0 Å². The van der Waals surface area contributed by atoms with E-state index in [0.29, 0.717) is 11.8 Å². The summed E-state index contributed by atoms with van der Waals surface area (Å²) in [5.74, 6) is 0.339. The zero-order chi connectivity index (χ0) is 13.6. The molecule has 3 N–H and O–H groups in total. The quantitative estimate of drug-likeness (QED) is 0.815. The molecule has 0 saturated carbocycles. The van der Waals surface area contributed by atoms with Crippen molar-refractivity contribution in [3.8, 4) is 5.75 Å². The van der Waals surface area contributed by atoms with E-state index < -0.39 is 0 Å². The molecular weight excluding hydrogens is 236 g/mol. The van der Waals surface area contributed by atoms with Crippen LogP contribution in [0.1, 0.15) is 43.9 Å². The van der Waals surface area contributed by atoms with Gasteiger partial charge in [-0.2, -0.15) is 0 Å². The van der Waals surface area contributed by atoms with E-state index in [-0.39, 0.29) is 11.5 Å². The lowest BCUT2D eigenvalue weighted by molar-refractivity contribution is 0.0710. The third-order valence-corrected chi connectivity index (χ3v) is 5.19. The first-order valence-electron chi connectivity index (χ1n) is 7.33. The van der Waals surface area contributed by atoms with Crippen molar-refractivity contribution in [3.05, 3.63) is 29.3 Å². The summed E-state index contributed by atoms with van der Waals surface area (Å²) in [7, 11) is 0. The molecule has 1 aromatic carbocycles. The molecule has 2 aliphatic rings. The van der Waals surface area contributed by atoms with Gasteiger partial charge in [-0.15, -0.1) is 0 Å². The largest absolute Gasteiger partial charge is 0.508 e. The molecule has 1 aliphatic carbocycles. The fraction of sp³-hybridized carbons (Fsp3) is 0.625. The van der Waals surface area contributed by atoms with E-state index in [0.717, 1.165) is 25.1 Å². The number of likely N-dealkylation sites (tertiary alicyclic amines) is 1. The lowest BCUT2D eigenvalue weighted by atomic mass is 9.73. The molecule has 1 spiro atoms. The van der Waals surface area contributed by atoms with E-state index in [4.69, 9.17) is 5.73 Å². The highest BCUT2D eigenvalue weighted by Gasteiger charge is 2.46. The van der Waals surface area contributed by atoms with Gasteiger partial charge in [0.05, 0.1) is 0 Å². The van der Waals surface area contributed by atoms with Crippen molar-refractivity contribution in [3.63, 3.8) is 0 Å². The maximum atomic E-state index is 9.65. The predicted molar refractivity (Wildman–Crippen MR) is 77.1 cm³/mol. The van der Waals surface area contributed by atoms with E-state index >= 15 is 0 Å². The first-order chi connectivity index (χ1) is 9.02. The monoisotopic (exact) mass is 260 g/mol. The average molecular weight is 260 g/mol. The van der Waals surface area contributed by atoms with Crippen LogP contribution in [-0.2, 0) is 6.42 Å². The Morgan fingerprint density at radius 1 is 1.32 bits per heavy atom. The van der Waals surface area contributed by atoms with Gasteiger partial charge in [-0.3, -0.25) is 0 Å². The van der Waals surface area contributed by atoms with Gasteiger partial charge in [-0.05, 0) is 74.9 Å². The normalized spacial score (nSPS) is 26.0. The predicted octanol–water partition coefficient (Wildman–Crippen LogP) is 2.44. The highest BCUT2D eigenvalue weighted by Crippen LogP contribution is 2.51. The van der Waals surface area contributed by atoms with Gasteiger partial charge >= 0.3 is 0 Å². The third kappa shape index (κ3) is 2.05. The fourth-order valence-electron chi connectivity index (χ4n) is 3.83. The summed E-state index contributed by atoms with van der Waals surface area (Å²) < 4.78 is 0. The molecular formula is C16H24N2O. The number of nitrogens with two attached hydrogens (primary N) is 1. The number of hydrogen-bond acceptors (Lipinski definition) is 3. The minimum atomic E-state index is 0.0870. The third-order valence-electron chi connectivity index (χ3n) is 5.19. The molecule has 0 radical (unpaired) electrons. The number of rotatable bonds is 1. The molecule has 104 valence electrons. The molecule has 19 heavy (non-hydrogen) atoms. The van der Waals surface area contributed by atoms with Crippen LogP contribution in [-0.4, -0.2) is 29.1 Å². The van der Waals surface area contributed by atoms with Crippen LogP contribution >= 0.6 is 0 Å². The van der Waals surface area contributed by atoms with Crippen molar-refractivity contribution < 1.29 is 5.11 Å². The van der Waals surface area contributed by atoms with Crippen LogP contribution in [0.4, 0.5) is 0 Å². The smallest absolute Gasteiger partial charge is 0.115 e. The Balaban J connectivity index is 1.82. The van der Waals surface area contributed by atoms with Crippen molar-refractivity contribution in [2.75, 3.05) is 13.1 Å². The molecule has 1 unspecified atom stereocenters. The first kappa shape index (κ1) is 12.9. The Bertz CT molecular complexity index is 476. The van der Waals surface area contributed by atoms with Crippen LogP contribution in [0, 0.1) is 5.41 Å². The number of piperidine rings is 1. The molecule has 1 fully saturated rings. The summed E-state index contributed by atoms with van der Waals surface area (Å²) in [6.45, 7) is 6.81. The number of phenolic OH excluding ortho intramolecular Hbond substituents is 1. The zero-order valence-corrected chi connectivity index (χ0v) is 11.9. The maximum Gasteiger partial charge on any atom is 0.115 e. The summed E-state index contributed by atoms with van der Waals surface area (Å²) in [5.41, 5.74) is 9.24. The molecule has 1 atom stereocenters. The van der Waals surface area contributed by atoms with Crippen LogP contribution in [0.2, 0.25) is 0 Å². The maximum absolute atomic E-state index is 9.65. The van der Waals surface area contributed by atoms with Crippen molar-refractivity contribution in [2.45, 2.75) is 45.2 Å². The molecule has 3 nitrogen and oxygen atoms in total. The molecule has 3 rings (SSSR count). The lowest BCUT2D eigenvalue weighted by Crippen LogP contribution is -2.46. The van der Waals surface area contributed by atoms with Crippen LogP contribution < -0.4 is 5.73 Å². The van der Waals surface area contributed by atoms with E-state index in [1.165, 1.54) is 18.4 Å². The highest BCUT2D eigenvalue weighted by molar-refractivity contribution is 5.42. The number of hydrogen-bond donors (Lipinski definition) is 2. The van der Waals surface area contributed by atoms with E-state index in [9.17, 15) is 5.11 Å². The minimum Gasteiger partial charge on any atom is -0.508 e. The molecule has 1 saturated heterocycles.